The molecule has 0 aliphatic heterocycles. The first-order valence-corrected chi connectivity index (χ1v) is 6.00. The molecule has 1 rings (SSSR count). The number of hydrogen-bond donors (Lipinski definition) is 1. The predicted octanol–water partition coefficient (Wildman–Crippen LogP) is 3.50. The van der Waals surface area contributed by atoms with Crippen molar-refractivity contribution in [3.8, 4) is 5.75 Å². The second kappa shape index (κ2) is 5.55. The lowest BCUT2D eigenvalue weighted by atomic mass is 9.99. The third kappa shape index (κ3) is 3.13. The third-order valence-corrected chi connectivity index (χ3v) is 2.87. The van der Waals surface area contributed by atoms with E-state index in [2.05, 4.69) is 6.92 Å². The van der Waals surface area contributed by atoms with E-state index in [1.165, 1.54) is 0 Å². The quantitative estimate of drug-likeness (QED) is 0.876. The molecule has 90 valence electrons. The van der Waals surface area contributed by atoms with Crippen molar-refractivity contribution in [1.29, 1.82) is 0 Å². The van der Waals surface area contributed by atoms with Gasteiger partial charge in [-0.3, -0.25) is 0 Å². The van der Waals surface area contributed by atoms with Gasteiger partial charge in [0, 0.05) is 5.02 Å². The zero-order valence-electron chi connectivity index (χ0n) is 10.4. The summed E-state index contributed by atoms with van der Waals surface area (Å²) < 4.78 is 5.74. The molecule has 0 spiro atoms. The lowest BCUT2D eigenvalue weighted by Gasteiger charge is -2.17. The standard InChI is InChI=1S/C13H20ClNO/c1-8(2)16-13-6-11(10(4)7-15)12(14)5-9(13)3/h5-6,8,10H,7,15H2,1-4H3. The second-order valence-electron chi connectivity index (χ2n) is 4.44. The van der Waals surface area contributed by atoms with Gasteiger partial charge >= 0.3 is 0 Å². The molecule has 0 saturated carbocycles. The summed E-state index contributed by atoms with van der Waals surface area (Å²) in [6, 6.07) is 3.95. The third-order valence-electron chi connectivity index (χ3n) is 2.54. The van der Waals surface area contributed by atoms with Crippen LogP contribution in [0.25, 0.3) is 0 Å². The number of benzene rings is 1. The number of nitrogens with two attached hydrogens (primary N) is 1. The molecule has 1 aromatic carbocycles. The first-order chi connectivity index (χ1) is 7.45. The SMILES string of the molecule is Cc1cc(Cl)c(C(C)CN)cc1OC(C)C. The van der Waals surface area contributed by atoms with Crippen LogP contribution in [0.3, 0.4) is 0 Å². The molecular formula is C13H20ClNO. The fourth-order valence-corrected chi connectivity index (χ4v) is 1.96. The van der Waals surface area contributed by atoms with Crippen LogP contribution in [0.5, 0.6) is 5.75 Å². The summed E-state index contributed by atoms with van der Waals surface area (Å²) >= 11 is 6.20. The average Bonchev–Trinajstić information content (AvgIpc) is 2.20. The van der Waals surface area contributed by atoms with Gasteiger partial charge in [0.25, 0.3) is 0 Å². The lowest BCUT2D eigenvalue weighted by Crippen LogP contribution is -2.11. The fraction of sp³-hybridized carbons (Fsp3) is 0.538. The van der Waals surface area contributed by atoms with Crippen LogP contribution in [0, 0.1) is 6.92 Å². The average molecular weight is 242 g/mol. The van der Waals surface area contributed by atoms with Crippen molar-refractivity contribution in [1.82, 2.24) is 0 Å². The van der Waals surface area contributed by atoms with Gasteiger partial charge in [0.2, 0.25) is 0 Å². The van der Waals surface area contributed by atoms with E-state index in [4.69, 9.17) is 22.1 Å². The van der Waals surface area contributed by atoms with E-state index < -0.39 is 0 Å². The Morgan fingerprint density at radius 2 is 1.94 bits per heavy atom. The topological polar surface area (TPSA) is 35.2 Å². The van der Waals surface area contributed by atoms with Crippen molar-refractivity contribution in [3.63, 3.8) is 0 Å². The highest BCUT2D eigenvalue weighted by atomic mass is 35.5. The van der Waals surface area contributed by atoms with E-state index in [9.17, 15) is 0 Å². The first-order valence-electron chi connectivity index (χ1n) is 5.62. The number of ether oxygens (including phenoxy) is 1. The monoisotopic (exact) mass is 241 g/mol. The van der Waals surface area contributed by atoms with Gasteiger partial charge in [-0.2, -0.15) is 0 Å². The van der Waals surface area contributed by atoms with Crippen LogP contribution in [0.1, 0.15) is 37.8 Å². The highest BCUT2D eigenvalue weighted by Crippen LogP contribution is 2.31. The smallest absolute Gasteiger partial charge is 0.122 e. The maximum Gasteiger partial charge on any atom is 0.122 e. The van der Waals surface area contributed by atoms with Crippen molar-refractivity contribution in [3.05, 3.63) is 28.3 Å². The summed E-state index contributed by atoms with van der Waals surface area (Å²) in [6.07, 6.45) is 0.168. The normalized spacial score (nSPS) is 12.9. The Labute approximate surface area is 103 Å². The van der Waals surface area contributed by atoms with Gasteiger partial charge in [-0.05, 0) is 56.5 Å². The maximum absolute atomic E-state index is 6.20. The van der Waals surface area contributed by atoms with Crippen LogP contribution in [-0.4, -0.2) is 12.6 Å². The Kier molecular flexibility index (Phi) is 4.63. The van der Waals surface area contributed by atoms with Gasteiger partial charge < -0.3 is 10.5 Å². The molecule has 1 aromatic rings. The second-order valence-corrected chi connectivity index (χ2v) is 4.85. The van der Waals surface area contributed by atoms with Crippen LogP contribution in [0.15, 0.2) is 12.1 Å². The van der Waals surface area contributed by atoms with Gasteiger partial charge in [-0.1, -0.05) is 18.5 Å². The van der Waals surface area contributed by atoms with Crippen molar-refractivity contribution in [2.45, 2.75) is 39.7 Å². The Balaban J connectivity index is 3.11. The van der Waals surface area contributed by atoms with Gasteiger partial charge in [-0.25, -0.2) is 0 Å². The van der Waals surface area contributed by atoms with Crippen molar-refractivity contribution < 1.29 is 4.74 Å². The zero-order valence-corrected chi connectivity index (χ0v) is 11.1. The molecule has 0 aliphatic carbocycles. The Morgan fingerprint density at radius 3 is 2.44 bits per heavy atom. The van der Waals surface area contributed by atoms with Crippen molar-refractivity contribution in [2.24, 2.45) is 5.73 Å². The van der Waals surface area contributed by atoms with Gasteiger partial charge in [0.05, 0.1) is 6.10 Å². The molecule has 1 unspecified atom stereocenters. The molecule has 3 heteroatoms. The molecule has 0 bridgehead atoms. The summed E-state index contributed by atoms with van der Waals surface area (Å²) in [5.74, 6) is 1.15. The molecule has 1 atom stereocenters. The van der Waals surface area contributed by atoms with Crippen molar-refractivity contribution >= 4 is 11.6 Å². The fourth-order valence-electron chi connectivity index (χ4n) is 1.55. The van der Waals surface area contributed by atoms with E-state index in [1.54, 1.807) is 0 Å². The van der Waals surface area contributed by atoms with Gasteiger partial charge in [0.15, 0.2) is 0 Å². The van der Waals surface area contributed by atoms with Gasteiger partial charge in [0.1, 0.15) is 5.75 Å². The minimum Gasteiger partial charge on any atom is -0.491 e. The van der Waals surface area contributed by atoms with Crippen molar-refractivity contribution in [2.75, 3.05) is 6.54 Å². The van der Waals surface area contributed by atoms with E-state index in [0.29, 0.717) is 6.54 Å². The zero-order chi connectivity index (χ0) is 12.3. The van der Waals surface area contributed by atoms with Crippen LogP contribution < -0.4 is 10.5 Å². The molecule has 0 heterocycles. The minimum absolute atomic E-state index is 0.168. The Hall–Kier alpha value is -0.730. The van der Waals surface area contributed by atoms with Crippen LogP contribution in [0.4, 0.5) is 0 Å². The number of aryl methyl sites for hydroxylation is 1. The first kappa shape index (κ1) is 13.3. The van der Waals surface area contributed by atoms with E-state index >= 15 is 0 Å². The maximum atomic E-state index is 6.20. The molecule has 2 nitrogen and oxygen atoms in total. The Bertz CT molecular complexity index is 363. The minimum atomic E-state index is 0.168. The Morgan fingerprint density at radius 1 is 1.31 bits per heavy atom. The van der Waals surface area contributed by atoms with E-state index in [0.717, 1.165) is 21.9 Å². The van der Waals surface area contributed by atoms with Gasteiger partial charge in [-0.15, -0.1) is 0 Å². The van der Waals surface area contributed by atoms with E-state index in [-0.39, 0.29) is 12.0 Å². The lowest BCUT2D eigenvalue weighted by molar-refractivity contribution is 0.240. The molecule has 16 heavy (non-hydrogen) atoms. The molecule has 2 N–H and O–H groups in total. The summed E-state index contributed by atoms with van der Waals surface area (Å²) in [6.45, 7) is 8.68. The molecule has 0 amide bonds. The highest BCUT2D eigenvalue weighted by molar-refractivity contribution is 6.31. The molecule has 0 fully saturated rings. The summed E-state index contributed by atoms with van der Waals surface area (Å²) in [7, 11) is 0. The molecule has 0 aromatic heterocycles. The van der Waals surface area contributed by atoms with E-state index in [1.807, 2.05) is 32.9 Å². The molecule has 0 radical (unpaired) electrons. The molecule has 0 aliphatic rings. The number of hydrogen-bond acceptors (Lipinski definition) is 2. The summed E-state index contributed by atoms with van der Waals surface area (Å²) in [5, 5.41) is 0.770. The number of halogens is 1. The summed E-state index contributed by atoms with van der Waals surface area (Å²) in [4.78, 5) is 0. The van der Waals surface area contributed by atoms with Crippen LogP contribution >= 0.6 is 11.6 Å². The largest absolute Gasteiger partial charge is 0.491 e. The highest BCUT2D eigenvalue weighted by Gasteiger charge is 2.12. The van der Waals surface area contributed by atoms with Crippen LogP contribution in [0.2, 0.25) is 5.02 Å². The predicted molar refractivity (Wildman–Crippen MR) is 69.4 cm³/mol. The molecular weight excluding hydrogens is 222 g/mol. The summed E-state index contributed by atoms with van der Waals surface area (Å²) in [5.41, 5.74) is 7.79. The number of rotatable bonds is 4. The molecule has 0 saturated heterocycles. The van der Waals surface area contributed by atoms with Crippen LogP contribution in [-0.2, 0) is 0 Å².